The standard InChI is InChI=1S/C26H30N4.4F6P/c1-27-15-5-23(6-16-27)25-9-19-29(20-10-25)13-3-4-14-30-21-11-26(12-22-30)24-7-17-28(2)18-8-24;4*1-7(2,3,4,5)6/h5-12,15-22H,3-4,13-14H2,1-2H3;;;;/q+4;4*-1. The van der Waals surface area contributed by atoms with E-state index in [1.54, 1.807) is 0 Å². The van der Waals surface area contributed by atoms with E-state index in [9.17, 15) is 101 Å². The average molecular weight is 978 g/mol. The van der Waals surface area contributed by atoms with E-state index in [1.165, 1.54) is 22.3 Å². The summed E-state index contributed by atoms with van der Waals surface area (Å²) in [5.74, 6) is 0. The van der Waals surface area contributed by atoms with Crippen LogP contribution in [-0.4, -0.2) is 0 Å². The Bertz CT molecular complexity index is 1700. The van der Waals surface area contributed by atoms with Crippen LogP contribution in [0.15, 0.2) is 98.1 Å². The van der Waals surface area contributed by atoms with Gasteiger partial charge in [0.2, 0.25) is 0 Å². The Balaban J connectivity index is 0.000000940. The first-order valence-electron chi connectivity index (χ1n) is 14.6. The summed E-state index contributed by atoms with van der Waals surface area (Å²) in [6, 6.07) is 17.4. The molecule has 0 aliphatic rings. The van der Waals surface area contributed by atoms with E-state index in [2.05, 4.69) is 116 Å². The van der Waals surface area contributed by atoms with Crippen LogP contribution in [0.1, 0.15) is 12.8 Å². The molecule has 0 bridgehead atoms. The molecule has 58 heavy (non-hydrogen) atoms. The summed E-state index contributed by atoms with van der Waals surface area (Å²) >= 11 is 0. The summed E-state index contributed by atoms with van der Waals surface area (Å²) in [6.45, 7) is 2.09. The first-order chi connectivity index (χ1) is 24.5. The Labute approximate surface area is 310 Å². The Morgan fingerprint density at radius 1 is 0.293 bits per heavy atom. The van der Waals surface area contributed by atoms with Gasteiger partial charge in [0.15, 0.2) is 49.6 Å². The van der Waals surface area contributed by atoms with Crippen LogP contribution in [0.25, 0.3) is 22.3 Å². The first-order valence-corrected chi connectivity index (χ1v) is 22.7. The molecule has 4 rings (SSSR count). The van der Waals surface area contributed by atoms with Gasteiger partial charge in [0.1, 0.15) is 27.2 Å². The molecule has 0 saturated heterocycles. The zero-order valence-corrected chi connectivity index (χ0v) is 32.3. The van der Waals surface area contributed by atoms with E-state index in [0.29, 0.717) is 0 Å². The van der Waals surface area contributed by atoms with Crippen LogP contribution in [0.3, 0.4) is 0 Å². The zero-order valence-electron chi connectivity index (χ0n) is 28.7. The second-order valence-electron chi connectivity index (χ2n) is 11.7. The van der Waals surface area contributed by atoms with Crippen LogP contribution in [0.4, 0.5) is 101 Å². The van der Waals surface area contributed by atoms with Crippen molar-refractivity contribution >= 4 is 31.2 Å². The summed E-state index contributed by atoms with van der Waals surface area (Å²) < 4.78 is 245. The van der Waals surface area contributed by atoms with E-state index < -0.39 is 31.2 Å². The van der Waals surface area contributed by atoms with Gasteiger partial charge in [-0.25, -0.2) is 18.3 Å². The molecule has 0 spiro atoms. The van der Waals surface area contributed by atoms with Crippen LogP contribution in [0.2, 0.25) is 0 Å². The summed E-state index contributed by atoms with van der Waals surface area (Å²) in [4.78, 5) is 0. The number of halogens is 24. The monoisotopic (exact) mass is 978 g/mol. The van der Waals surface area contributed by atoms with Crippen molar-refractivity contribution < 1.29 is 119 Å². The fraction of sp³-hybridized carbons (Fsp3) is 0.231. The molecule has 0 fully saturated rings. The minimum absolute atomic E-state index is 1.05. The van der Waals surface area contributed by atoms with Crippen LogP contribution in [0, 0.1) is 0 Å². The number of aromatic nitrogens is 4. The van der Waals surface area contributed by atoms with E-state index in [4.69, 9.17) is 0 Å². The molecular formula is C26H30F24N4P4. The van der Waals surface area contributed by atoms with Gasteiger partial charge in [-0.05, 0) is 22.3 Å². The van der Waals surface area contributed by atoms with Crippen LogP contribution >= 0.6 is 31.2 Å². The van der Waals surface area contributed by atoms with E-state index in [1.807, 2.05) is 14.1 Å². The number of hydrogen-bond donors (Lipinski definition) is 0. The zero-order chi connectivity index (χ0) is 46.4. The van der Waals surface area contributed by atoms with Gasteiger partial charge >= 0.3 is 132 Å². The molecule has 4 aromatic rings. The molecule has 0 radical (unpaired) electrons. The molecular weight excluding hydrogens is 948 g/mol. The molecule has 0 atom stereocenters. The molecule has 0 aromatic carbocycles. The van der Waals surface area contributed by atoms with Crippen molar-refractivity contribution in [3.8, 4) is 22.3 Å². The molecule has 342 valence electrons. The SMILES string of the molecule is C[n+]1ccc(-c2cc[n+](CCCC[n+]3ccc(-c4cc[n+](C)cc4)cc3)cc2)cc1.F[P-](F)(F)(F)(F)F.F[P-](F)(F)(F)(F)F.F[P-](F)(F)(F)(F)F.F[P-](F)(F)(F)(F)F. The molecule has 0 N–H and O–H groups in total. The molecule has 0 aliphatic carbocycles. The number of aryl methyl sites for hydroxylation is 4. The fourth-order valence-electron chi connectivity index (χ4n) is 3.57. The van der Waals surface area contributed by atoms with Crippen LogP contribution < -0.4 is 18.3 Å². The van der Waals surface area contributed by atoms with Crippen molar-refractivity contribution in [3.05, 3.63) is 98.1 Å². The van der Waals surface area contributed by atoms with E-state index in [0.717, 1.165) is 25.9 Å². The molecule has 4 aromatic heterocycles. The molecule has 0 unspecified atom stereocenters. The summed E-state index contributed by atoms with van der Waals surface area (Å²) in [5, 5.41) is 0. The van der Waals surface area contributed by atoms with Crippen molar-refractivity contribution in [1.29, 1.82) is 0 Å². The summed E-state index contributed by atoms with van der Waals surface area (Å²) in [7, 11) is -38.5. The minimum atomic E-state index is -10.7. The van der Waals surface area contributed by atoms with Crippen molar-refractivity contribution in [1.82, 2.24) is 0 Å². The maximum absolute atomic E-state index is 10.7. The second kappa shape index (κ2) is 14.7. The van der Waals surface area contributed by atoms with Crippen molar-refractivity contribution in [2.45, 2.75) is 25.9 Å². The Morgan fingerprint density at radius 2 is 0.431 bits per heavy atom. The van der Waals surface area contributed by atoms with Crippen molar-refractivity contribution in [2.24, 2.45) is 14.1 Å². The van der Waals surface area contributed by atoms with Gasteiger partial charge in [0.05, 0.1) is 0 Å². The number of unbranched alkanes of at least 4 members (excludes halogenated alkanes) is 1. The third-order valence-electron chi connectivity index (χ3n) is 5.49. The number of pyridine rings is 4. The molecule has 32 heteroatoms. The van der Waals surface area contributed by atoms with Gasteiger partial charge < -0.3 is 0 Å². The predicted octanol–water partition coefficient (Wildman–Crippen LogP) is 16.3. The van der Waals surface area contributed by atoms with E-state index in [-0.39, 0.29) is 0 Å². The third kappa shape index (κ3) is 52.6. The summed E-state index contributed by atoms with van der Waals surface area (Å²) in [6.07, 6.45) is 19.4. The predicted molar refractivity (Wildman–Crippen MR) is 170 cm³/mol. The topological polar surface area (TPSA) is 15.5 Å². The van der Waals surface area contributed by atoms with Gasteiger partial charge in [-0.3, -0.25) is 0 Å². The van der Waals surface area contributed by atoms with Gasteiger partial charge in [-0.1, -0.05) is 0 Å². The van der Waals surface area contributed by atoms with Crippen molar-refractivity contribution in [2.75, 3.05) is 0 Å². The van der Waals surface area contributed by atoms with E-state index >= 15 is 0 Å². The maximum atomic E-state index is 9.87. The molecule has 0 saturated carbocycles. The van der Waals surface area contributed by atoms with Gasteiger partial charge in [0.25, 0.3) is 0 Å². The fourth-order valence-corrected chi connectivity index (χ4v) is 3.57. The Morgan fingerprint density at radius 3 is 0.586 bits per heavy atom. The number of rotatable bonds is 7. The Hall–Kier alpha value is -3.36. The molecule has 4 heterocycles. The molecule has 4 nitrogen and oxygen atoms in total. The third-order valence-corrected chi connectivity index (χ3v) is 5.49. The molecule has 0 aliphatic heterocycles. The quantitative estimate of drug-likeness (QED) is 0.0759. The average Bonchev–Trinajstić information content (AvgIpc) is 2.90. The van der Waals surface area contributed by atoms with Gasteiger partial charge in [-0.15, -0.1) is 0 Å². The number of nitrogens with zero attached hydrogens (tertiary/aromatic N) is 4. The molecule has 0 amide bonds. The Kier molecular flexibility index (Phi) is 13.8. The van der Waals surface area contributed by atoms with Gasteiger partial charge in [0, 0.05) is 61.4 Å². The van der Waals surface area contributed by atoms with Crippen LogP contribution in [-0.2, 0) is 27.2 Å². The van der Waals surface area contributed by atoms with Gasteiger partial charge in [-0.2, -0.15) is 0 Å². The first kappa shape index (κ1) is 54.6. The number of hydrogen-bond acceptors (Lipinski definition) is 0. The second-order valence-corrected chi connectivity index (χ2v) is 19.4. The summed E-state index contributed by atoms with van der Waals surface area (Å²) in [5.41, 5.74) is 5.03. The van der Waals surface area contributed by atoms with Crippen molar-refractivity contribution in [3.63, 3.8) is 0 Å². The normalized spacial score (nSPS) is 16.8. The van der Waals surface area contributed by atoms with Crippen LogP contribution in [0.5, 0.6) is 0 Å².